The van der Waals surface area contributed by atoms with Crippen molar-refractivity contribution in [3.8, 4) is 0 Å². The maximum atomic E-state index is 11.0. The van der Waals surface area contributed by atoms with Gasteiger partial charge in [0.25, 0.3) is 0 Å². The molecule has 15 heavy (non-hydrogen) atoms. The number of β-amino-alcohol motifs (C(OH)–C–C–N with tert-alkyl or cyclic N) is 1. The van der Waals surface area contributed by atoms with Crippen molar-refractivity contribution in [1.29, 1.82) is 0 Å². The first kappa shape index (κ1) is 12.3. The quantitative estimate of drug-likeness (QED) is 0.703. The van der Waals surface area contributed by atoms with Crippen molar-refractivity contribution >= 4 is 6.09 Å². The maximum Gasteiger partial charge on any atom is 0.407 e. The number of carbonyl (C=O) groups is 1. The number of amides is 1. The van der Waals surface area contributed by atoms with Crippen molar-refractivity contribution in [2.45, 2.75) is 39.0 Å². The number of aliphatic hydroxyl groups excluding tert-OH is 1. The molecule has 0 aliphatic carbocycles. The Morgan fingerprint density at radius 2 is 1.87 bits per heavy atom. The lowest BCUT2D eigenvalue weighted by atomic mass is 10.1. The van der Waals surface area contributed by atoms with E-state index in [2.05, 4.69) is 4.90 Å². The van der Waals surface area contributed by atoms with Crippen LogP contribution in [-0.2, 0) is 0 Å². The molecule has 1 aliphatic heterocycles. The molecule has 1 rings (SSSR count). The lowest BCUT2D eigenvalue weighted by molar-refractivity contribution is 0.0232. The largest absolute Gasteiger partial charge is 0.465 e. The van der Waals surface area contributed by atoms with Gasteiger partial charge in [-0.3, -0.25) is 4.90 Å². The monoisotopic (exact) mass is 216 g/mol. The highest BCUT2D eigenvalue weighted by atomic mass is 16.4. The third kappa shape index (κ3) is 3.07. The van der Waals surface area contributed by atoms with E-state index in [0.29, 0.717) is 19.6 Å². The third-order valence-electron chi connectivity index (χ3n) is 2.74. The van der Waals surface area contributed by atoms with E-state index in [4.69, 9.17) is 5.11 Å². The highest BCUT2D eigenvalue weighted by molar-refractivity contribution is 5.66. The first-order chi connectivity index (χ1) is 6.91. The molecule has 5 heteroatoms. The van der Waals surface area contributed by atoms with E-state index in [1.165, 1.54) is 4.90 Å². The molecule has 88 valence electrons. The summed E-state index contributed by atoms with van der Waals surface area (Å²) in [7, 11) is 0. The Bertz CT molecular complexity index is 221. The number of hydrogen-bond acceptors (Lipinski definition) is 3. The molecule has 1 fully saturated rings. The molecule has 5 nitrogen and oxygen atoms in total. The van der Waals surface area contributed by atoms with Gasteiger partial charge >= 0.3 is 6.09 Å². The number of carboxylic acid groups (broad SMARTS) is 1. The second-order valence-electron chi connectivity index (χ2n) is 4.46. The van der Waals surface area contributed by atoms with Gasteiger partial charge in [0.2, 0.25) is 0 Å². The predicted molar refractivity (Wildman–Crippen MR) is 56.9 cm³/mol. The fourth-order valence-electron chi connectivity index (χ4n) is 2.33. The Morgan fingerprint density at radius 3 is 2.20 bits per heavy atom. The SMILES string of the molecule is CC1CN(C[C@@H](C)O)CC(C)N1C(=O)O. The molecule has 0 aromatic carbocycles. The van der Waals surface area contributed by atoms with E-state index in [0.717, 1.165) is 0 Å². The smallest absolute Gasteiger partial charge is 0.407 e. The summed E-state index contributed by atoms with van der Waals surface area (Å²) in [6.45, 7) is 7.56. The topological polar surface area (TPSA) is 64.0 Å². The van der Waals surface area contributed by atoms with E-state index in [1.54, 1.807) is 6.92 Å². The fourth-order valence-corrected chi connectivity index (χ4v) is 2.33. The standard InChI is InChI=1S/C10H20N2O3/c1-7-4-11(6-9(3)13)5-8(2)12(7)10(14)15/h7-9,13H,4-6H2,1-3H3,(H,14,15)/t7?,8?,9-/m1/s1. The predicted octanol–water partition coefficient (Wildman–Crippen LogP) is 0.440. The fraction of sp³-hybridized carbons (Fsp3) is 0.900. The summed E-state index contributed by atoms with van der Waals surface area (Å²) in [6, 6.07) is -0.0185. The third-order valence-corrected chi connectivity index (χ3v) is 2.74. The molecule has 1 heterocycles. The van der Waals surface area contributed by atoms with Crippen LogP contribution in [0.25, 0.3) is 0 Å². The number of nitrogens with zero attached hydrogens (tertiary/aromatic N) is 2. The molecule has 1 saturated heterocycles. The second kappa shape index (κ2) is 4.81. The van der Waals surface area contributed by atoms with Crippen molar-refractivity contribution in [2.75, 3.05) is 19.6 Å². The normalized spacial score (nSPS) is 30.3. The van der Waals surface area contributed by atoms with Crippen LogP contribution in [0.2, 0.25) is 0 Å². The van der Waals surface area contributed by atoms with E-state index in [-0.39, 0.29) is 18.2 Å². The van der Waals surface area contributed by atoms with Crippen LogP contribution >= 0.6 is 0 Å². The van der Waals surface area contributed by atoms with Crippen LogP contribution < -0.4 is 0 Å². The Balaban J connectivity index is 2.58. The molecule has 0 saturated carbocycles. The molecular weight excluding hydrogens is 196 g/mol. The summed E-state index contributed by atoms with van der Waals surface area (Å²) in [4.78, 5) is 14.6. The average molecular weight is 216 g/mol. The van der Waals surface area contributed by atoms with Crippen LogP contribution in [-0.4, -0.2) is 63.9 Å². The summed E-state index contributed by atoms with van der Waals surface area (Å²) in [5.41, 5.74) is 0. The highest BCUT2D eigenvalue weighted by Gasteiger charge is 2.32. The molecule has 1 amide bonds. The van der Waals surface area contributed by atoms with Crippen LogP contribution in [0.5, 0.6) is 0 Å². The van der Waals surface area contributed by atoms with Crippen molar-refractivity contribution in [1.82, 2.24) is 9.80 Å². The minimum atomic E-state index is -0.855. The van der Waals surface area contributed by atoms with Gasteiger partial charge in [0.1, 0.15) is 0 Å². The van der Waals surface area contributed by atoms with Gasteiger partial charge in [-0.2, -0.15) is 0 Å². The van der Waals surface area contributed by atoms with Crippen LogP contribution in [0.4, 0.5) is 4.79 Å². The Labute approximate surface area is 90.3 Å². The Morgan fingerprint density at radius 1 is 1.40 bits per heavy atom. The molecule has 0 radical (unpaired) electrons. The van der Waals surface area contributed by atoms with Gasteiger partial charge in [0, 0.05) is 31.7 Å². The summed E-state index contributed by atoms with van der Waals surface area (Å²) < 4.78 is 0. The first-order valence-electron chi connectivity index (χ1n) is 5.33. The zero-order chi connectivity index (χ0) is 11.6. The number of rotatable bonds is 2. The van der Waals surface area contributed by atoms with Crippen molar-refractivity contribution < 1.29 is 15.0 Å². The molecule has 0 aromatic rings. The van der Waals surface area contributed by atoms with Gasteiger partial charge in [0.05, 0.1) is 6.10 Å². The lowest BCUT2D eigenvalue weighted by Crippen LogP contribution is -2.59. The van der Waals surface area contributed by atoms with Crippen molar-refractivity contribution in [2.24, 2.45) is 0 Å². The molecule has 0 spiro atoms. The minimum absolute atomic E-state index is 0.00926. The molecule has 1 aliphatic rings. The van der Waals surface area contributed by atoms with E-state index in [1.807, 2.05) is 13.8 Å². The van der Waals surface area contributed by atoms with Gasteiger partial charge in [0.15, 0.2) is 0 Å². The van der Waals surface area contributed by atoms with Gasteiger partial charge in [-0.15, -0.1) is 0 Å². The van der Waals surface area contributed by atoms with Crippen LogP contribution in [0, 0.1) is 0 Å². The molecule has 3 atom stereocenters. The van der Waals surface area contributed by atoms with Crippen LogP contribution in [0.1, 0.15) is 20.8 Å². The van der Waals surface area contributed by atoms with E-state index < -0.39 is 6.09 Å². The number of hydrogen-bond donors (Lipinski definition) is 2. The van der Waals surface area contributed by atoms with Gasteiger partial charge in [-0.25, -0.2) is 4.79 Å². The molecule has 0 bridgehead atoms. The average Bonchev–Trinajstić information content (AvgIpc) is 1.99. The first-order valence-corrected chi connectivity index (χ1v) is 5.33. The molecular formula is C10H20N2O3. The molecule has 2 unspecified atom stereocenters. The van der Waals surface area contributed by atoms with Gasteiger partial charge in [-0.05, 0) is 20.8 Å². The lowest BCUT2D eigenvalue weighted by Gasteiger charge is -2.43. The van der Waals surface area contributed by atoms with Crippen molar-refractivity contribution in [3.63, 3.8) is 0 Å². The molecule has 0 aromatic heterocycles. The van der Waals surface area contributed by atoms with E-state index >= 15 is 0 Å². The summed E-state index contributed by atoms with van der Waals surface area (Å²) in [5.74, 6) is 0. The number of aliphatic hydroxyl groups is 1. The highest BCUT2D eigenvalue weighted by Crippen LogP contribution is 2.15. The zero-order valence-electron chi connectivity index (χ0n) is 9.55. The number of piperazine rings is 1. The van der Waals surface area contributed by atoms with Crippen LogP contribution in [0.15, 0.2) is 0 Å². The van der Waals surface area contributed by atoms with Crippen molar-refractivity contribution in [3.05, 3.63) is 0 Å². The van der Waals surface area contributed by atoms with E-state index in [9.17, 15) is 9.90 Å². The van der Waals surface area contributed by atoms with Crippen LogP contribution in [0.3, 0.4) is 0 Å². The Hall–Kier alpha value is -0.810. The summed E-state index contributed by atoms with van der Waals surface area (Å²) >= 11 is 0. The maximum absolute atomic E-state index is 11.0. The van der Waals surface area contributed by atoms with Gasteiger partial charge < -0.3 is 15.1 Å². The summed E-state index contributed by atoms with van der Waals surface area (Å²) in [5, 5.41) is 18.3. The minimum Gasteiger partial charge on any atom is -0.465 e. The van der Waals surface area contributed by atoms with Gasteiger partial charge in [-0.1, -0.05) is 0 Å². The zero-order valence-corrected chi connectivity index (χ0v) is 9.55. The second-order valence-corrected chi connectivity index (χ2v) is 4.46. The molecule has 2 N–H and O–H groups in total. The summed E-state index contributed by atoms with van der Waals surface area (Å²) in [6.07, 6.45) is -1.22. The Kier molecular flexibility index (Phi) is 3.93.